The summed E-state index contributed by atoms with van der Waals surface area (Å²) in [5.41, 5.74) is 5.06. The molecule has 3 heterocycles. The van der Waals surface area contributed by atoms with Crippen LogP contribution in [0, 0.1) is 5.82 Å². The maximum atomic E-state index is 13.7. The van der Waals surface area contributed by atoms with Gasteiger partial charge in [-0.05, 0) is 73.2 Å². The Hall–Kier alpha value is -4.59. The molecule has 0 aliphatic rings. The molecule has 0 fully saturated rings. The Balaban J connectivity index is 1.40. The van der Waals surface area contributed by atoms with Gasteiger partial charge in [0.05, 0.1) is 23.4 Å². The number of esters is 1. The fourth-order valence-corrected chi connectivity index (χ4v) is 3.99. The first-order valence-electron chi connectivity index (χ1n) is 11.5. The normalized spacial score (nSPS) is 11.0. The van der Waals surface area contributed by atoms with Gasteiger partial charge in [-0.25, -0.2) is 14.2 Å². The van der Waals surface area contributed by atoms with Crippen LogP contribution < -0.4 is 4.74 Å². The number of nitrogens with zero attached hydrogens (tertiary/aromatic N) is 4. The van der Waals surface area contributed by atoms with Gasteiger partial charge >= 0.3 is 5.97 Å². The maximum Gasteiger partial charge on any atom is 0.340 e. The summed E-state index contributed by atoms with van der Waals surface area (Å²) in [6, 6.07) is 17.3. The van der Waals surface area contributed by atoms with Crippen molar-refractivity contribution in [1.29, 1.82) is 0 Å². The van der Waals surface area contributed by atoms with Crippen LogP contribution in [0.2, 0.25) is 0 Å². The number of hydrogen-bond acceptors (Lipinski definition) is 6. The molecule has 0 radical (unpaired) electrons. The Bertz CT molecular complexity index is 1530. The molecule has 0 saturated carbocycles. The molecule has 0 atom stereocenters. The Morgan fingerprint density at radius 2 is 1.78 bits per heavy atom. The molecule has 0 aliphatic carbocycles. The van der Waals surface area contributed by atoms with E-state index in [2.05, 4.69) is 15.1 Å². The second-order valence-corrected chi connectivity index (χ2v) is 8.15. The molecule has 0 N–H and O–H groups in total. The van der Waals surface area contributed by atoms with Crippen LogP contribution in [0.15, 0.2) is 79.3 Å². The third kappa shape index (κ3) is 4.79. The number of benzene rings is 2. The van der Waals surface area contributed by atoms with Gasteiger partial charge in [0.25, 0.3) is 0 Å². The average molecular weight is 483 g/mol. The highest BCUT2D eigenvalue weighted by atomic mass is 19.1. The lowest BCUT2D eigenvalue weighted by molar-refractivity contribution is 0.0523. The Morgan fingerprint density at radius 3 is 2.53 bits per heavy atom. The largest absolute Gasteiger partial charge is 0.487 e. The molecule has 0 saturated heterocycles. The first-order valence-corrected chi connectivity index (χ1v) is 11.5. The van der Waals surface area contributed by atoms with Crippen LogP contribution in [0.3, 0.4) is 0 Å². The molecule has 0 amide bonds. The molecule has 0 bridgehead atoms. The number of aromatic nitrogens is 4. The number of fused-ring (bicyclic) bond motifs is 1. The molecule has 36 heavy (non-hydrogen) atoms. The number of rotatable bonds is 7. The standard InChI is InChI=1S/C28H23FN4O3/c1-3-35-28(34)23-15-20-14-21(29)6-9-25(20)31-26(23)17-36-22-7-4-19(5-8-22)27-24(16-33(2)32-27)18-10-12-30-13-11-18/h4-16H,3,17H2,1-2H3. The Labute approximate surface area is 207 Å². The number of aryl methyl sites for hydroxylation is 1. The topological polar surface area (TPSA) is 79.1 Å². The summed E-state index contributed by atoms with van der Waals surface area (Å²) in [5.74, 6) is -0.317. The van der Waals surface area contributed by atoms with E-state index < -0.39 is 11.8 Å². The van der Waals surface area contributed by atoms with Crippen LogP contribution in [-0.2, 0) is 18.4 Å². The lowest BCUT2D eigenvalue weighted by atomic mass is 10.0. The predicted octanol–water partition coefficient (Wildman–Crippen LogP) is 5.59. The van der Waals surface area contributed by atoms with Crippen molar-refractivity contribution in [2.45, 2.75) is 13.5 Å². The lowest BCUT2D eigenvalue weighted by Crippen LogP contribution is -2.12. The number of carbonyl (C=O) groups is 1. The van der Waals surface area contributed by atoms with E-state index in [1.807, 2.05) is 49.6 Å². The molecule has 0 aliphatic heterocycles. The summed E-state index contributed by atoms with van der Waals surface area (Å²) in [7, 11) is 1.89. The maximum absolute atomic E-state index is 13.7. The van der Waals surface area contributed by atoms with Gasteiger partial charge in [-0.3, -0.25) is 9.67 Å². The monoisotopic (exact) mass is 482 g/mol. The van der Waals surface area contributed by atoms with E-state index in [0.29, 0.717) is 22.3 Å². The molecule has 7 nitrogen and oxygen atoms in total. The molecular weight excluding hydrogens is 459 g/mol. The zero-order valence-corrected chi connectivity index (χ0v) is 19.8. The fraction of sp³-hybridized carbons (Fsp3) is 0.143. The summed E-state index contributed by atoms with van der Waals surface area (Å²) < 4.78 is 26.6. The average Bonchev–Trinajstić information content (AvgIpc) is 3.29. The van der Waals surface area contributed by atoms with E-state index in [1.165, 1.54) is 12.1 Å². The van der Waals surface area contributed by atoms with Crippen molar-refractivity contribution in [3.8, 4) is 28.1 Å². The van der Waals surface area contributed by atoms with Crippen molar-refractivity contribution in [2.24, 2.45) is 7.05 Å². The SMILES string of the molecule is CCOC(=O)c1cc2cc(F)ccc2nc1COc1ccc(-c2nn(C)cc2-c2ccncc2)cc1. The van der Waals surface area contributed by atoms with Gasteiger partial charge in [0.15, 0.2) is 0 Å². The van der Waals surface area contributed by atoms with Crippen LogP contribution in [0.25, 0.3) is 33.3 Å². The van der Waals surface area contributed by atoms with E-state index in [4.69, 9.17) is 9.47 Å². The second kappa shape index (κ2) is 9.95. The third-order valence-corrected chi connectivity index (χ3v) is 5.67. The van der Waals surface area contributed by atoms with Gasteiger partial charge in [0, 0.05) is 42.2 Å². The Kier molecular flexibility index (Phi) is 6.40. The first-order chi connectivity index (χ1) is 17.5. The highest BCUT2D eigenvalue weighted by Gasteiger charge is 2.17. The summed E-state index contributed by atoms with van der Waals surface area (Å²) in [5, 5.41) is 5.15. The van der Waals surface area contributed by atoms with Gasteiger partial charge in [-0.15, -0.1) is 0 Å². The van der Waals surface area contributed by atoms with Gasteiger partial charge in [-0.2, -0.15) is 5.10 Å². The van der Waals surface area contributed by atoms with E-state index in [-0.39, 0.29) is 18.8 Å². The second-order valence-electron chi connectivity index (χ2n) is 8.15. The number of ether oxygens (including phenoxy) is 2. The van der Waals surface area contributed by atoms with Crippen LogP contribution in [0.1, 0.15) is 23.0 Å². The minimum atomic E-state index is -0.524. The van der Waals surface area contributed by atoms with E-state index in [1.54, 1.807) is 36.1 Å². The number of halogens is 1. The smallest absolute Gasteiger partial charge is 0.340 e. The molecule has 8 heteroatoms. The quantitative estimate of drug-likeness (QED) is 0.281. The van der Waals surface area contributed by atoms with Gasteiger partial charge in [-0.1, -0.05) is 0 Å². The van der Waals surface area contributed by atoms with Crippen molar-refractivity contribution in [1.82, 2.24) is 19.7 Å². The van der Waals surface area contributed by atoms with Crippen molar-refractivity contribution in [3.63, 3.8) is 0 Å². The van der Waals surface area contributed by atoms with E-state index >= 15 is 0 Å². The molecule has 5 aromatic rings. The zero-order chi connectivity index (χ0) is 25.1. The van der Waals surface area contributed by atoms with Crippen molar-refractivity contribution < 1.29 is 18.7 Å². The van der Waals surface area contributed by atoms with Gasteiger partial charge in [0.1, 0.15) is 23.9 Å². The van der Waals surface area contributed by atoms with E-state index in [0.717, 1.165) is 22.4 Å². The molecule has 180 valence electrons. The molecule has 3 aromatic heterocycles. The molecule has 0 spiro atoms. The van der Waals surface area contributed by atoms with Crippen LogP contribution in [0.5, 0.6) is 5.75 Å². The Morgan fingerprint density at radius 1 is 1.00 bits per heavy atom. The fourth-order valence-electron chi connectivity index (χ4n) is 3.99. The van der Waals surface area contributed by atoms with Crippen LogP contribution in [-0.4, -0.2) is 32.3 Å². The number of hydrogen-bond donors (Lipinski definition) is 0. The van der Waals surface area contributed by atoms with Gasteiger partial charge < -0.3 is 9.47 Å². The number of carbonyl (C=O) groups excluding carboxylic acids is 1. The molecular formula is C28H23FN4O3. The van der Waals surface area contributed by atoms with Crippen molar-refractivity contribution in [2.75, 3.05) is 6.61 Å². The summed E-state index contributed by atoms with van der Waals surface area (Å²) in [6.07, 6.45) is 5.49. The van der Waals surface area contributed by atoms with Gasteiger partial charge in [0.2, 0.25) is 0 Å². The van der Waals surface area contributed by atoms with Crippen molar-refractivity contribution >= 4 is 16.9 Å². The first kappa shape index (κ1) is 23.2. The summed E-state index contributed by atoms with van der Waals surface area (Å²) in [6.45, 7) is 1.99. The highest BCUT2D eigenvalue weighted by molar-refractivity contribution is 5.95. The van der Waals surface area contributed by atoms with Crippen LogP contribution in [0.4, 0.5) is 4.39 Å². The highest BCUT2D eigenvalue weighted by Crippen LogP contribution is 2.31. The van der Waals surface area contributed by atoms with Crippen molar-refractivity contribution in [3.05, 3.63) is 96.3 Å². The lowest BCUT2D eigenvalue weighted by Gasteiger charge is -2.12. The zero-order valence-electron chi connectivity index (χ0n) is 19.8. The van der Waals surface area contributed by atoms with E-state index in [9.17, 15) is 9.18 Å². The summed E-state index contributed by atoms with van der Waals surface area (Å²) in [4.78, 5) is 21.2. The van der Waals surface area contributed by atoms with Crippen LogP contribution >= 0.6 is 0 Å². The summed E-state index contributed by atoms with van der Waals surface area (Å²) >= 11 is 0. The minimum absolute atomic E-state index is 0.0483. The minimum Gasteiger partial charge on any atom is -0.487 e. The predicted molar refractivity (Wildman–Crippen MR) is 134 cm³/mol. The molecule has 2 aromatic carbocycles. The molecule has 5 rings (SSSR count). The third-order valence-electron chi connectivity index (χ3n) is 5.67. The number of pyridine rings is 2. The molecule has 0 unspecified atom stereocenters.